The molecule has 0 atom stereocenters. The molecule has 96 valence electrons. The summed E-state index contributed by atoms with van der Waals surface area (Å²) in [6, 6.07) is 3.40. The van der Waals surface area contributed by atoms with Crippen molar-refractivity contribution in [3.8, 4) is 23.0 Å². The van der Waals surface area contributed by atoms with Gasteiger partial charge in [-0.3, -0.25) is 4.63 Å². The fourth-order valence-corrected chi connectivity index (χ4v) is 2.32. The molecule has 8 nitrogen and oxygen atoms in total. The van der Waals surface area contributed by atoms with Crippen molar-refractivity contribution >= 4 is 0 Å². The van der Waals surface area contributed by atoms with Crippen LogP contribution < -0.4 is 4.90 Å². The lowest BCUT2D eigenvalue weighted by Crippen LogP contribution is -2.29. The molecule has 0 fully saturated rings. The zero-order valence-corrected chi connectivity index (χ0v) is 9.61. The van der Waals surface area contributed by atoms with E-state index in [0.717, 1.165) is 4.73 Å². The van der Waals surface area contributed by atoms with Gasteiger partial charge < -0.3 is 14.8 Å². The summed E-state index contributed by atoms with van der Waals surface area (Å²) in [5.74, 6) is 0.722. The van der Waals surface area contributed by atoms with Gasteiger partial charge >= 0.3 is 0 Å². The molecule has 0 amide bonds. The largest absolute Gasteiger partial charge is 0.461 e. The third-order valence-corrected chi connectivity index (χ3v) is 3.21. The highest BCUT2D eigenvalue weighted by atomic mass is 16.8. The van der Waals surface area contributed by atoms with Crippen LogP contribution >= 0.6 is 0 Å². The van der Waals surface area contributed by atoms with Gasteiger partial charge in [0.2, 0.25) is 11.5 Å². The van der Waals surface area contributed by atoms with Gasteiger partial charge in [0, 0.05) is 18.0 Å². The average Bonchev–Trinajstić information content (AvgIpc) is 3.10. The minimum atomic E-state index is 0.281. The highest BCUT2D eigenvalue weighted by molar-refractivity contribution is 5.65. The van der Waals surface area contributed by atoms with Crippen LogP contribution in [0.15, 0.2) is 27.4 Å². The number of fused-ring (bicyclic) bond motifs is 3. The fraction of sp³-hybridized carbons (Fsp3) is 0.182. The molecule has 0 radical (unpaired) electrons. The van der Waals surface area contributed by atoms with Gasteiger partial charge in [0.25, 0.3) is 5.69 Å². The van der Waals surface area contributed by atoms with Gasteiger partial charge in [-0.25, -0.2) is 4.98 Å². The van der Waals surface area contributed by atoms with E-state index in [2.05, 4.69) is 14.8 Å². The van der Waals surface area contributed by atoms with Gasteiger partial charge in [0.1, 0.15) is 5.69 Å². The van der Waals surface area contributed by atoms with Gasteiger partial charge in [-0.05, 0) is 17.0 Å². The highest BCUT2D eigenvalue weighted by Crippen LogP contribution is 2.33. The average molecular weight is 260 g/mol. The number of hydrogen-bond donors (Lipinski definition) is 1. The summed E-state index contributed by atoms with van der Waals surface area (Å²) in [6.45, 7) is 0. The Morgan fingerprint density at radius 3 is 3.05 bits per heavy atom. The smallest absolute Gasteiger partial charge is 0.271 e. The van der Waals surface area contributed by atoms with E-state index in [1.165, 1.54) is 6.26 Å². The molecule has 3 heterocycles. The van der Waals surface area contributed by atoms with Gasteiger partial charge in [0.15, 0.2) is 5.76 Å². The second-order valence-corrected chi connectivity index (χ2v) is 4.25. The molecule has 0 spiro atoms. The van der Waals surface area contributed by atoms with Crippen LogP contribution in [0.25, 0.3) is 23.0 Å². The Labute approximate surface area is 106 Å². The molecular weight excluding hydrogens is 252 g/mol. The summed E-state index contributed by atoms with van der Waals surface area (Å²) in [5.41, 5.74) is 1.84. The molecule has 0 unspecified atom stereocenters. The van der Waals surface area contributed by atoms with Crippen molar-refractivity contribution in [2.75, 3.05) is 0 Å². The Morgan fingerprint density at radius 1 is 1.37 bits per heavy atom. The molecule has 1 N–H and O–H groups in total. The van der Waals surface area contributed by atoms with E-state index < -0.39 is 0 Å². The van der Waals surface area contributed by atoms with E-state index in [1.54, 1.807) is 12.1 Å². The van der Waals surface area contributed by atoms with E-state index in [0.29, 0.717) is 46.3 Å². The molecule has 0 saturated carbocycles. The SMILES string of the molecule is [O-][n+]1onc2c1CCc1c-2nc(-c2ccco2)n1O. The first-order valence-electron chi connectivity index (χ1n) is 5.69. The van der Waals surface area contributed by atoms with Gasteiger partial charge in [-0.15, -0.1) is 0 Å². The van der Waals surface area contributed by atoms with Crippen LogP contribution in [0.4, 0.5) is 0 Å². The lowest BCUT2D eigenvalue weighted by Gasteiger charge is -2.06. The first-order valence-corrected chi connectivity index (χ1v) is 5.69. The lowest BCUT2D eigenvalue weighted by atomic mass is 10.0. The van der Waals surface area contributed by atoms with Crippen LogP contribution in [0.3, 0.4) is 0 Å². The zero-order valence-electron chi connectivity index (χ0n) is 9.61. The number of hydrogen-bond acceptors (Lipinski definition) is 6. The maximum absolute atomic E-state index is 11.4. The lowest BCUT2D eigenvalue weighted by molar-refractivity contribution is -0.807. The van der Waals surface area contributed by atoms with Crippen molar-refractivity contribution in [3.05, 3.63) is 35.0 Å². The molecule has 1 aliphatic carbocycles. The summed E-state index contributed by atoms with van der Waals surface area (Å²) in [5, 5.41) is 25.2. The first kappa shape index (κ1) is 10.2. The molecule has 3 aromatic heterocycles. The molecule has 4 rings (SSSR count). The molecular formula is C11H8N4O4. The molecule has 0 bridgehead atoms. The van der Waals surface area contributed by atoms with Crippen molar-refractivity contribution in [1.29, 1.82) is 0 Å². The Hall–Kier alpha value is -2.77. The van der Waals surface area contributed by atoms with Crippen molar-refractivity contribution in [2.45, 2.75) is 12.8 Å². The number of furan rings is 1. The Bertz CT molecular complexity index is 756. The summed E-state index contributed by atoms with van der Waals surface area (Å²) < 4.78 is 10.8. The Morgan fingerprint density at radius 2 is 2.26 bits per heavy atom. The summed E-state index contributed by atoms with van der Waals surface area (Å²) in [7, 11) is 0. The van der Waals surface area contributed by atoms with Crippen LogP contribution in [0.1, 0.15) is 11.4 Å². The third-order valence-electron chi connectivity index (χ3n) is 3.21. The van der Waals surface area contributed by atoms with E-state index in [9.17, 15) is 10.4 Å². The van der Waals surface area contributed by atoms with Crippen LogP contribution in [0.5, 0.6) is 0 Å². The molecule has 8 heteroatoms. The number of aromatic nitrogens is 4. The van der Waals surface area contributed by atoms with E-state index in [1.807, 2.05) is 0 Å². The molecule has 0 aliphatic heterocycles. The van der Waals surface area contributed by atoms with E-state index >= 15 is 0 Å². The third kappa shape index (κ3) is 1.25. The van der Waals surface area contributed by atoms with Gasteiger partial charge in [-0.1, -0.05) is 0 Å². The minimum absolute atomic E-state index is 0.281. The van der Waals surface area contributed by atoms with Crippen LogP contribution in [0.2, 0.25) is 0 Å². The van der Waals surface area contributed by atoms with Gasteiger partial charge in [-0.2, -0.15) is 4.73 Å². The van der Waals surface area contributed by atoms with E-state index in [4.69, 9.17) is 4.42 Å². The Kier molecular flexibility index (Phi) is 1.81. The summed E-state index contributed by atoms with van der Waals surface area (Å²) in [6.07, 6.45) is 2.42. The van der Waals surface area contributed by atoms with Gasteiger partial charge in [0.05, 0.1) is 12.0 Å². The minimum Gasteiger partial charge on any atom is -0.461 e. The van der Waals surface area contributed by atoms with Crippen LogP contribution in [-0.4, -0.2) is 20.1 Å². The first-order chi connectivity index (χ1) is 9.25. The number of rotatable bonds is 1. The fourth-order valence-electron chi connectivity index (χ4n) is 2.32. The second kappa shape index (κ2) is 3.37. The molecule has 19 heavy (non-hydrogen) atoms. The monoisotopic (exact) mass is 260 g/mol. The predicted molar refractivity (Wildman–Crippen MR) is 59.0 cm³/mol. The second-order valence-electron chi connectivity index (χ2n) is 4.25. The maximum atomic E-state index is 11.4. The molecule has 0 aromatic carbocycles. The summed E-state index contributed by atoms with van der Waals surface area (Å²) >= 11 is 0. The predicted octanol–water partition coefficient (Wildman–Crippen LogP) is 0.767. The zero-order chi connectivity index (χ0) is 13.0. The molecule has 0 saturated heterocycles. The van der Waals surface area contributed by atoms with Crippen molar-refractivity contribution < 1.29 is 19.2 Å². The Balaban J connectivity index is 1.96. The van der Waals surface area contributed by atoms with Crippen molar-refractivity contribution in [3.63, 3.8) is 0 Å². The van der Waals surface area contributed by atoms with Crippen LogP contribution in [0, 0.1) is 5.21 Å². The highest BCUT2D eigenvalue weighted by Gasteiger charge is 2.34. The molecule has 1 aliphatic rings. The van der Waals surface area contributed by atoms with Crippen LogP contribution in [-0.2, 0) is 12.8 Å². The van der Waals surface area contributed by atoms with Crippen molar-refractivity contribution in [2.24, 2.45) is 0 Å². The summed E-state index contributed by atoms with van der Waals surface area (Å²) in [4.78, 5) is 4.67. The van der Waals surface area contributed by atoms with E-state index in [-0.39, 0.29) is 5.82 Å². The maximum Gasteiger partial charge on any atom is 0.271 e. The quantitative estimate of drug-likeness (QED) is 0.511. The number of nitrogens with zero attached hydrogens (tertiary/aromatic N) is 4. The van der Waals surface area contributed by atoms with Crippen molar-refractivity contribution in [1.82, 2.24) is 14.9 Å². The normalized spacial score (nSPS) is 13.3. The standard InChI is InChI=1S/C11H8N4O4/c16-14-6-3-4-7-10(13-19-15(7)17)9(6)12-11(14)8-2-1-5-18-8/h1-2,5,16H,3-4H2. The number of imidazole rings is 1. The topological polar surface area (TPSA) is 104 Å². The molecule has 3 aromatic rings.